The number of aliphatic carboxylic acids is 1. The van der Waals surface area contributed by atoms with Crippen LogP contribution in [0.5, 0.6) is 5.75 Å². The topological polar surface area (TPSA) is 58.6 Å². The number of nitrogens with one attached hydrogen (secondary N) is 1. The summed E-state index contributed by atoms with van der Waals surface area (Å²) in [6.07, 6.45) is 2.33. The highest BCUT2D eigenvalue weighted by atomic mass is 35.5. The third-order valence-corrected chi connectivity index (χ3v) is 1.94. The first-order valence-electron chi connectivity index (χ1n) is 4.13. The fraction of sp³-hybridized carbons (Fsp3) is 0.100. The van der Waals surface area contributed by atoms with Gasteiger partial charge in [-0.25, -0.2) is 4.79 Å². The van der Waals surface area contributed by atoms with E-state index < -0.39 is 5.97 Å². The Labute approximate surface area is 92.1 Å². The summed E-state index contributed by atoms with van der Waals surface area (Å²) in [7, 11) is 1.51. The summed E-state index contributed by atoms with van der Waals surface area (Å²) < 4.78 is 5.00. The number of hydrogen-bond acceptors (Lipinski definition) is 3. The Balaban J connectivity index is 2.74. The number of rotatable bonds is 4. The van der Waals surface area contributed by atoms with Gasteiger partial charge in [0.2, 0.25) is 0 Å². The van der Waals surface area contributed by atoms with E-state index in [4.69, 9.17) is 21.4 Å². The highest BCUT2D eigenvalue weighted by Gasteiger charge is 2.00. The first kappa shape index (κ1) is 11.4. The first-order valence-corrected chi connectivity index (χ1v) is 4.51. The van der Waals surface area contributed by atoms with Crippen molar-refractivity contribution in [3.8, 4) is 5.75 Å². The molecule has 80 valence electrons. The predicted molar refractivity (Wildman–Crippen MR) is 58.4 cm³/mol. The van der Waals surface area contributed by atoms with E-state index in [2.05, 4.69) is 5.32 Å². The zero-order chi connectivity index (χ0) is 11.3. The molecule has 0 saturated carbocycles. The molecule has 4 nitrogen and oxygen atoms in total. The quantitative estimate of drug-likeness (QED) is 0.776. The van der Waals surface area contributed by atoms with E-state index in [1.54, 1.807) is 18.2 Å². The van der Waals surface area contributed by atoms with Crippen LogP contribution >= 0.6 is 11.6 Å². The second-order valence-electron chi connectivity index (χ2n) is 2.67. The molecule has 0 aliphatic carbocycles. The van der Waals surface area contributed by atoms with Crippen molar-refractivity contribution in [1.29, 1.82) is 0 Å². The van der Waals surface area contributed by atoms with E-state index in [9.17, 15) is 4.79 Å². The van der Waals surface area contributed by atoms with Crippen LogP contribution in [0, 0.1) is 0 Å². The van der Waals surface area contributed by atoms with Gasteiger partial charge in [0.25, 0.3) is 0 Å². The zero-order valence-electron chi connectivity index (χ0n) is 8.03. The summed E-state index contributed by atoms with van der Waals surface area (Å²) in [4.78, 5) is 10.2. The van der Waals surface area contributed by atoms with Gasteiger partial charge in [-0.2, -0.15) is 0 Å². The van der Waals surface area contributed by atoms with Crippen LogP contribution in [0.15, 0.2) is 30.5 Å². The number of benzene rings is 1. The van der Waals surface area contributed by atoms with Crippen molar-refractivity contribution in [2.45, 2.75) is 0 Å². The fourth-order valence-corrected chi connectivity index (χ4v) is 1.15. The second kappa shape index (κ2) is 5.26. The average Bonchev–Trinajstić information content (AvgIpc) is 2.20. The number of ether oxygens (including phenoxy) is 1. The van der Waals surface area contributed by atoms with Gasteiger partial charge in [0.1, 0.15) is 5.75 Å². The van der Waals surface area contributed by atoms with E-state index in [0.717, 1.165) is 6.08 Å². The minimum absolute atomic E-state index is 0.505. The molecule has 0 amide bonds. The van der Waals surface area contributed by atoms with Crippen LogP contribution in [0.2, 0.25) is 5.02 Å². The van der Waals surface area contributed by atoms with Crippen molar-refractivity contribution in [2.24, 2.45) is 0 Å². The number of anilines is 1. The molecule has 0 atom stereocenters. The van der Waals surface area contributed by atoms with Gasteiger partial charge in [-0.05, 0) is 12.1 Å². The molecule has 0 bridgehead atoms. The van der Waals surface area contributed by atoms with Crippen LogP contribution in [0.25, 0.3) is 0 Å². The molecule has 15 heavy (non-hydrogen) atoms. The second-order valence-corrected chi connectivity index (χ2v) is 3.07. The van der Waals surface area contributed by atoms with Gasteiger partial charge in [-0.15, -0.1) is 0 Å². The summed E-state index contributed by atoms with van der Waals surface area (Å²) in [5.74, 6) is -0.478. The van der Waals surface area contributed by atoms with Crippen LogP contribution in [0.4, 0.5) is 5.69 Å². The summed E-state index contributed by atoms with van der Waals surface area (Å²) in [5.41, 5.74) is 0.703. The van der Waals surface area contributed by atoms with Crippen molar-refractivity contribution in [1.82, 2.24) is 0 Å². The lowest BCUT2D eigenvalue weighted by Gasteiger charge is -2.05. The fourth-order valence-electron chi connectivity index (χ4n) is 0.959. The Kier molecular flexibility index (Phi) is 4.00. The molecule has 1 aromatic carbocycles. The van der Waals surface area contributed by atoms with Crippen LogP contribution < -0.4 is 10.1 Å². The van der Waals surface area contributed by atoms with Crippen LogP contribution in [-0.4, -0.2) is 18.2 Å². The smallest absolute Gasteiger partial charge is 0.329 e. The first-order chi connectivity index (χ1) is 7.13. The molecule has 1 rings (SSSR count). The van der Waals surface area contributed by atoms with E-state index in [1.807, 2.05) is 0 Å². The van der Waals surface area contributed by atoms with Gasteiger partial charge in [-0.1, -0.05) is 11.6 Å². The Morgan fingerprint density at radius 1 is 1.60 bits per heavy atom. The minimum Gasteiger partial charge on any atom is -0.495 e. The van der Waals surface area contributed by atoms with Crippen LogP contribution in [0.3, 0.4) is 0 Å². The third-order valence-electron chi connectivity index (χ3n) is 1.63. The highest BCUT2D eigenvalue weighted by Crippen LogP contribution is 2.27. The number of carboxylic acids is 1. The Morgan fingerprint density at radius 2 is 2.33 bits per heavy atom. The maximum absolute atomic E-state index is 10.2. The van der Waals surface area contributed by atoms with E-state index in [0.29, 0.717) is 16.5 Å². The van der Waals surface area contributed by atoms with E-state index in [-0.39, 0.29) is 0 Å². The molecular formula is C10H10ClNO3. The van der Waals surface area contributed by atoms with Crippen LogP contribution in [-0.2, 0) is 4.79 Å². The van der Waals surface area contributed by atoms with Gasteiger partial charge in [0, 0.05) is 24.0 Å². The summed E-state index contributed by atoms with van der Waals surface area (Å²) in [5, 5.41) is 11.6. The number of halogens is 1. The normalized spacial score (nSPS) is 10.3. The van der Waals surface area contributed by atoms with Crippen molar-refractivity contribution < 1.29 is 14.6 Å². The van der Waals surface area contributed by atoms with Gasteiger partial charge >= 0.3 is 5.97 Å². The highest BCUT2D eigenvalue weighted by molar-refractivity contribution is 6.32. The molecule has 1 aromatic rings. The van der Waals surface area contributed by atoms with E-state index >= 15 is 0 Å². The lowest BCUT2D eigenvalue weighted by Crippen LogP contribution is -1.93. The Bertz CT molecular complexity index is 390. The summed E-state index contributed by atoms with van der Waals surface area (Å²) in [6.45, 7) is 0. The molecule has 0 radical (unpaired) electrons. The number of carbonyl (C=O) groups is 1. The van der Waals surface area contributed by atoms with E-state index in [1.165, 1.54) is 13.3 Å². The van der Waals surface area contributed by atoms with Crippen molar-refractivity contribution >= 4 is 23.3 Å². The van der Waals surface area contributed by atoms with Crippen molar-refractivity contribution in [3.63, 3.8) is 0 Å². The monoisotopic (exact) mass is 227 g/mol. The molecule has 0 unspecified atom stereocenters. The number of hydrogen-bond donors (Lipinski definition) is 2. The maximum Gasteiger partial charge on any atom is 0.329 e. The molecule has 0 aliphatic rings. The standard InChI is InChI=1S/C10H10ClNO3/c1-15-9-6-7(2-3-8(9)11)12-5-4-10(13)14/h2-6,12H,1H3,(H,13,14)/b5-4+. The van der Waals surface area contributed by atoms with Crippen molar-refractivity contribution in [2.75, 3.05) is 12.4 Å². The van der Waals surface area contributed by atoms with Gasteiger partial charge in [-0.3, -0.25) is 0 Å². The summed E-state index contributed by atoms with van der Waals surface area (Å²) >= 11 is 5.82. The molecule has 0 aliphatic heterocycles. The lowest BCUT2D eigenvalue weighted by atomic mass is 10.3. The minimum atomic E-state index is -1.01. The largest absolute Gasteiger partial charge is 0.495 e. The Hall–Kier alpha value is -1.68. The van der Waals surface area contributed by atoms with Gasteiger partial charge in [0.15, 0.2) is 0 Å². The number of methoxy groups -OCH3 is 1. The molecule has 2 N–H and O–H groups in total. The zero-order valence-corrected chi connectivity index (χ0v) is 8.78. The molecular weight excluding hydrogens is 218 g/mol. The lowest BCUT2D eigenvalue weighted by molar-refractivity contribution is -0.131. The molecule has 0 saturated heterocycles. The molecule has 0 heterocycles. The Morgan fingerprint density at radius 3 is 2.93 bits per heavy atom. The molecule has 5 heteroatoms. The molecule has 0 aromatic heterocycles. The third kappa shape index (κ3) is 3.52. The molecule has 0 fully saturated rings. The van der Waals surface area contributed by atoms with Gasteiger partial charge in [0.05, 0.1) is 12.1 Å². The van der Waals surface area contributed by atoms with Crippen molar-refractivity contribution in [3.05, 3.63) is 35.5 Å². The molecule has 0 spiro atoms. The predicted octanol–water partition coefficient (Wildman–Crippen LogP) is 2.36. The summed E-state index contributed by atoms with van der Waals surface area (Å²) in [6, 6.07) is 5.06. The SMILES string of the molecule is COc1cc(N/C=C/C(=O)O)ccc1Cl. The maximum atomic E-state index is 10.2. The van der Waals surface area contributed by atoms with Crippen LogP contribution in [0.1, 0.15) is 0 Å². The number of carboxylic acid groups (broad SMARTS) is 1. The average molecular weight is 228 g/mol. The van der Waals surface area contributed by atoms with Gasteiger partial charge < -0.3 is 15.2 Å².